The third kappa shape index (κ3) is 3.64. The highest BCUT2D eigenvalue weighted by molar-refractivity contribution is 5.80. The number of ether oxygens (including phenoxy) is 1. The Balaban J connectivity index is 1.83. The number of nitrogen functional groups attached to an aromatic ring is 1. The molecule has 7 heteroatoms. The minimum atomic E-state index is 0.436. The molecule has 2 rings (SSSR count). The lowest BCUT2D eigenvalue weighted by Gasteiger charge is -2.16. The van der Waals surface area contributed by atoms with Gasteiger partial charge in [-0.3, -0.25) is 0 Å². The van der Waals surface area contributed by atoms with Gasteiger partial charge in [0.05, 0.1) is 6.33 Å². The quantitative estimate of drug-likeness (QED) is 0.718. The molecule has 2 N–H and O–H groups in total. The second-order valence-corrected chi connectivity index (χ2v) is 4.87. The van der Waals surface area contributed by atoms with Crippen LogP contribution >= 0.6 is 0 Å². The van der Waals surface area contributed by atoms with E-state index in [1.165, 1.54) is 6.33 Å². The lowest BCUT2D eigenvalue weighted by molar-refractivity contribution is 0.178. The van der Waals surface area contributed by atoms with E-state index >= 15 is 0 Å². The molecule has 0 atom stereocenters. The van der Waals surface area contributed by atoms with Crippen LogP contribution in [-0.4, -0.2) is 58.3 Å². The molecule has 0 aliphatic rings. The van der Waals surface area contributed by atoms with E-state index in [2.05, 4.69) is 26.9 Å². The molecule has 0 unspecified atom stereocenters. The maximum absolute atomic E-state index is 5.77. The zero-order valence-electron chi connectivity index (χ0n) is 12.1. The van der Waals surface area contributed by atoms with E-state index in [-0.39, 0.29) is 0 Å². The Bertz CT molecular complexity index is 541. The summed E-state index contributed by atoms with van der Waals surface area (Å²) in [5, 5.41) is 0. The van der Waals surface area contributed by atoms with Crippen molar-refractivity contribution in [2.24, 2.45) is 0 Å². The fourth-order valence-corrected chi connectivity index (χ4v) is 2.16. The third-order valence-corrected chi connectivity index (χ3v) is 3.26. The molecule has 0 radical (unpaired) electrons. The van der Waals surface area contributed by atoms with Crippen molar-refractivity contribution < 1.29 is 4.74 Å². The zero-order valence-corrected chi connectivity index (χ0v) is 12.1. The summed E-state index contributed by atoms with van der Waals surface area (Å²) in [4.78, 5) is 14.7. The van der Waals surface area contributed by atoms with Crippen LogP contribution in [0, 0.1) is 0 Å². The van der Waals surface area contributed by atoms with E-state index in [9.17, 15) is 0 Å². The Morgan fingerprint density at radius 2 is 2.05 bits per heavy atom. The highest BCUT2D eigenvalue weighted by atomic mass is 16.5. The normalized spacial score (nSPS) is 11.6. The van der Waals surface area contributed by atoms with Gasteiger partial charge in [0.2, 0.25) is 0 Å². The summed E-state index contributed by atoms with van der Waals surface area (Å²) in [6.07, 6.45) is 5.36. The van der Waals surface area contributed by atoms with Crippen molar-refractivity contribution in [2.75, 3.05) is 39.6 Å². The molecule has 2 heterocycles. The Labute approximate surface area is 118 Å². The summed E-state index contributed by atoms with van der Waals surface area (Å²) in [7, 11) is 3.86. The molecule has 2 aromatic heterocycles. The summed E-state index contributed by atoms with van der Waals surface area (Å²) < 4.78 is 7.07. The van der Waals surface area contributed by atoms with Crippen molar-refractivity contribution in [3.05, 3.63) is 12.7 Å². The van der Waals surface area contributed by atoms with E-state index in [0.29, 0.717) is 11.3 Å². The largest absolute Gasteiger partial charge is 0.385 e. The number of rotatable bonds is 8. The average molecular weight is 278 g/mol. The first-order valence-corrected chi connectivity index (χ1v) is 6.81. The first-order chi connectivity index (χ1) is 9.72. The summed E-state index contributed by atoms with van der Waals surface area (Å²) >= 11 is 0. The first kappa shape index (κ1) is 14.7. The summed E-state index contributed by atoms with van der Waals surface area (Å²) in [5.41, 5.74) is 7.25. The molecule has 0 fully saturated rings. The SMILES string of the molecule is COCCCN(C)CCCn1cnc2c(N)ncnc21. The van der Waals surface area contributed by atoms with Gasteiger partial charge in [-0.1, -0.05) is 0 Å². The number of hydrogen-bond donors (Lipinski definition) is 1. The molecular formula is C13H22N6O. The summed E-state index contributed by atoms with van der Waals surface area (Å²) in [6.45, 7) is 3.77. The summed E-state index contributed by atoms with van der Waals surface area (Å²) in [6, 6.07) is 0. The first-order valence-electron chi connectivity index (χ1n) is 6.81. The number of hydrogen-bond acceptors (Lipinski definition) is 6. The molecule has 110 valence electrons. The predicted molar refractivity (Wildman–Crippen MR) is 78.3 cm³/mol. The van der Waals surface area contributed by atoms with Crippen LogP contribution in [0.15, 0.2) is 12.7 Å². The van der Waals surface area contributed by atoms with Gasteiger partial charge in [-0.15, -0.1) is 0 Å². The fraction of sp³-hybridized carbons (Fsp3) is 0.615. The van der Waals surface area contributed by atoms with Crippen molar-refractivity contribution in [3.63, 3.8) is 0 Å². The molecule has 2 aromatic rings. The molecule has 0 aliphatic heterocycles. The van der Waals surface area contributed by atoms with Crippen LogP contribution in [0.3, 0.4) is 0 Å². The number of anilines is 1. The molecule has 0 aliphatic carbocycles. The number of imidazole rings is 1. The smallest absolute Gasteiger partial charge is 0.165 e. The van der Waals surface area contributed by atoms with Gasteiger partial charge < -0.3 is 19.9 Å². The van der Waals surface area contributed by atoms with Crippen LogP contribution in [0.1, 0.15) is 12.8 Å². The summed E-state index contributed by atoms with van der Waals surface area (Å²) in [5.74, 6) is 0.436. The number of methoxy groups -OCH3 is 1. The van der Waals surface area contributed by atoms with E-state index in [4.69, 9.17) is 10.5 Å². The minimum absolute atomic E-state index is 0.436. The molecule has 0 bridgehead atoms. The van der Waals surface area contributed by atoms with E-state index in [0.717, 1.165) is 44.7 Å². The van der Waals surface area contributed by atoms with Crippen molar-refractivity contribution >= 4 is 17.0 Å². The molecule has 20 heavy (non-hydrogen) atoms. The molecule has 7 nitrogen and oxygen atoms in total. The van der Waals surface area contributed by atoms with Gasteiger partial charge in [0.15, 0.2) is 11.5 Å². The van der Waals surface area contributed by atoms with Crippen molar-refractivity contribution in [1.29, 1.82) is 0 Å². The van der Waals surface area contributed by atoms with Gasteiger partial charge >= 0.3 is 0 Å². The molecule has 0 spiro atoms. The van der Waals surface area contributed by atoms with Gasteiger partial charge in [-0.05, 0) is 26.4 Å². The highest BCUT2D eigenvalue weighted by Gasteiger charge is 2.07. The molecule has 0 saturated heterocycles. The minimum Gasteiger partial charge on any atom is -0.385 e. The van der Waals surface area contributed by atoms with Crippen LogP contribution in [0.25, 0.3) is 11.2 Å². The fourth-order valence-electron chi connectivity index (χ4n) is 2.16. The Hall–Kier alpha value is -1.73. The van der Waals surface area contributed by atoms with Gasteiger partial charge in [0.25, 0.3) is 0 Å². The van der Waals surface area contributed by atoms with E-state index < -0.39 is 0 Å². The topological polar surface area (TPSA) is 82.1 Å². The third-order valence-electron chi connectivity index (χ3n) is 3.26. The number of nitrogens with two attached hydrogens (primary N) is 1. The molecule has 0 amide bonds. The van der Waals surface area contributed by atoms with Gasteiger partial charge in [0, 0.05) is 26.8 Å². The molecular weight excluding hydrogens is 256 g/mol. The molecule has 0 saturated carbocycles. The Kier molecular flexibility index (Phi) is 5.25. The van der Waals surface area contributed by atoms with Gasteiger partial charge in [-0.2, -0.15) is 0 Å². The van der Waals surface area contributed by atoms with Crippen LogP contribution in [0.4, 0.5) is 5.82 Å². The number of aromatic nitrogens is 4. The van der Waals surface area contributed by atoms with Crippen LogP contribution in [0.2, 0.25) is 0 Å². The Morgan fingerprint density at radius 3 is 2.85 bits per heavy atom. The number of fused-ring (bicyclic) bond motifs is 1. The van der Waals surface area contributed by atoms with Crippen molar-refractivity contribution in [2.45, 2.75) is 19.4 Å². The van der Waals surface area contributed by atoms with Crippen molar-refractivity contribution in [1.82, 2.24) is 24.4 Å². The van der Waals surface area contributed by atoms with Crippen LogP contribution in [0.5, 0.6) is 0 Å². The van der Waals surface area contributed by atoms with E-state index in [1.807, 2.05) is 4.57 Å². The van der Waals surface area contributed by atoms with Crippen molar-refractivity contribution in [3.8, 4) is 0 Å². The number of aryl methyl sites for hydroxylation is 1. The molecule has 0 aromatic carbocycles. The van der Waals surface area contributed by atoms with Crippen LogP contribution in [-0.2, 0) is 11.3 Å². The van der Waals surface area contributed by atoms with E-state index in [1.54, 1.807) is 13.4 Å². The van der Waals surface area contributed by atoms with Crippen LogP contribution < -0.4 is 5.73 Å². The highest BCUT2D eigenvalue weighted by Crippen LogP contribution is 2.14. The average Bonchev–Trinajstić information content (AvgIpc) is 2.84. The maximum Gasteiger partial charge on any atom is 0.165 e. The Morgan fingerprint density at radius 1 is 1.25 bits per heavy atom. The second-order valence-electron chi connectivity index (χ2n) is 4.87. The standard InChI is InChI=1S/C13H22N6O/c1-18(6-4-8-20-2)5-3-7-19-10-17-11-12(14)15-9-16-13(11)19/h9-10H,3-8H2,1-2H3,(H2,14,15,16). The maximum atomic E-state index is 5.77. The van der Waals surface area contributed by atoms with Gasteiger partial charge in [-0.25, -0.2) is 15.0 Å². The lowest BCUT2D eigenvalue weighted by Crippen LogP contribution is -2.22. The zero-order chi connectivity index (χ0) is 14.4. The predicted octanol–water partition coefficient (Wildman–Crippen LogP) is 0.767. The van der Waals surface area contributed by atoms with Gasteiger partial charge in [0.1, 0.15) is 11.8 Å². The second kappa shape index (κ2) is 7.16. The number of nitrogens with zero attached hydrogens (tertiary/aromatic N) is 5. The monoisotopic (exact) mass is 278 g/mol. The lowest BCUT2D eigenvalue weighted by atomic mass is 10.3.